The summed E-state index contributed by atoms with van der Waals surface area (Å²) >= 11 is 7.57. The molecule has 0 saturated heterocycles. The second kappa shape index (κ2) is 7.45. The summed E-state index contributed by atoms with van der Waals surface area (Å²) in [7, 11) is 1.74. The first-order valence-electron chi connectivity index (χ1n) is 7.71. The van der Waals surface area contributed by atoms with Crippen LogP contribution in [0.5, 0.6) is 0 Å². The van der Waals surface area contributed by atoms with E-state index in [2.05, 4.69) is 5.32 Å². The van der Waals surface area contributed by atoms with Crippen LogP contribution < -0.4 is 5.32 Å². The average Bonchev–Trinajstić information content (AvgIpc) is 2.57. The van der Waals surface area contributed by atoms with E-state index in [4.69, 9.17) is 11.6 Å². The van der Waals surface area contributed by atoms with Crippen molar-refractivity contribution in [3.63, 3.8) is 0 Å². The molecular formula is C18H18ClFN2OS. The number of urea groups is 1. The Balaban J connectivity index is 1.67. The number of hydrogen-bond acceptors (Lipinski definition) is 2. The summed E-state index contributed by atoms with van der Waals surface area (Å²) in [5, 5.41) is 3.69. The number of carbonyl (C=O) groups excluding carboxylic acids is 1. The molecule has 0 fully saturated rings. The molecule has 1 heterocycles. The number of carbonyl (C=O) groups is 1. The molecule has 126 valence electrons. The molecule has 1 aliphatic rings. The average molecular weight is 365 g/mol. The van der Waals surface area contributed by atoms with Crippen LogP contribution in [0.4, 0.5) is 9.18 Å². The van der Waals surface area contributed by atoms with Gasteiger partial charge in [0.2, 0.25) is 0 Å². The number of rotatable bonds is 3. The maximum absolute atomic E-state index is 13.5. The Labute approximate surface area is 150 Å². The third-order valence-electron chi connectivity index (χ3n) is 3.99. The van der Waals surface area contributed by atoms with Crippen molar-refractivity contribution in [3.8, 4) is 0 Å². The van der Waals surface area contributed by atoms with Crippen LogP contribution >= 0.6 is 23.4 Å². The molecular weight excluding hydrogens is 347 g/mol. The SMILES string of the molecule is CN(Cc1ccc(Cl)cc1)C(=O)NC1CCSc2ccc(F)cc21. The maximum atomic E-state index is 13.5. The van der Waals surface area contributed by atoms with Crippen molar-refractivity contribution >= 4 is 29.4 Å². The van der Waals surface area contributed by atoms with Crippen LogP contribution in [-0.2, 0) is 6.54 Å². The van der Waals surface area contributed by atoms with E-state index in [1.54, 1.807) is 41.9 Å². The maximum Gasteiger partial charge on any atom is 0.317 e. The Morgan fingerprint density at radius 2 is 2.08 bits per heavy atom. The summed E-state index contributed by atoms with van der Waals surface area (Å²) in [4.78, 5) is 15.1. The summed E-state index contributed by atoms with van der Waals surface area (Å²) in [5.74, 6) is 0.634. The highest BCUT2D eigenvalue weighted by atomic mass is 35.5. The molecule has 1 N–H and O–H groups in total. The van der Waals surface area contributed by atoms with Gasteiger partial charge in [0.15, 0.2) is 0 Å². The van der Waals surface area contributed by atoms with E-state index in [0.717, 1.165) is 28.2 Å². The lowest BCUT2D eigenvalue weighted by Crippen LogP contribution is -2.39. The van der Waals surface area contributed by atoms with E-state index >= 15 is 0 Å². The fraction of sp³-hybridized carbons (Fsp3) is 0.278. The molecule has 24 heavy (non-hydrogen) atoms. The Morgan fingerprint density at radius 1 is 1.33 bits per heavy atom. The molecule has 2 amide bonds. The zero-order valence-corrected chi connectivity index (χ0v) is 14.8. The molecule has 0 radical (unpaired) electrons. The van der Waals surface area contributed by atoms with Gasteiger partial charge in [-0.25, -0.2) is 9.18 Å². The van der Waals surface area contributed by atoms with Gasteiger partial charge in [0.05, 0.1) is 6.04 Å². The lowest BCUT2D eigenvalue weighted by molar-refractivity contribution is 0.202. The van der Waals surface area contributed by atoms with Crippen LogP contribution in [0, 0.1) is 5.82 Å². The first kappa shape index (κ1) is 17.1. The number of fused-ring (bicyclic) bond motifs is 1. The molecule has 6 heteroatoms. The molecule has 1 unspecified atom stereocenters. The van der Waals surface area contributed by atoms with Crippen molar-refractivity contribution in [2.24, 2.45) is 0 Å². The van der Waals surface area contributed by atoms with Crippen molar-refractivity contribution < 1.29 is 9.18 Å². The van der Waals surface area contributed by atoms with Gasteiger partial charge in [0.1, 0.15) is 5.82 Å². The topological polar surface area (TPSA) is 32.3 Å². The van der Waals surface area contributed by atoms with Gasteiger partial charge in [0.25, 0.3) is 0 Å². The zero-order chi connectivity index (χ0) is 17.1. The van der Waals surface area contributed by atoms with Crippen LogP contribution in [0.1, 0.15) is 23.6 Å². The summed E-state index contributed by atoms with van der Waals surface area (Å²) in [5.41, 5.74) is 1.86. The van der Waals surface area contributed by atoms with Gasteiger partial charge in [-0.3, -0.25) is 0 Å². The molecule has 2 aromatic carbocycles. The standard InChI is InChI=1S/C18H18ClFN2OS/c1-22(11-12-2-4-13(19)5-3-12)18(23)21-16-8-9-24-17-7-6-14(20)10-15(16)17/h2-7,10,16H,8-9,11H2,1H3,(H,21,23). The van der Waals surface area contributed by atoms with E-state index in [1.165, 1.54) is 12.1 Å². The van der Waals surface area contributed by atoms with Gasteiger partial charge in [-0.05, 0) is 47.9 Å². The molecule has 1 aliphatic heterocycles. The molecule has 2 aromatic rings. The van der Waals surface area contributed by atoms with Crippen LogP contribution in [-0.4, -0.2) is 23.7 Å². The quantitative estimate of drug-likeness (QED) is 0.843. The number of halogens is 2. The number of hydrogen-bond donors (Lipinski definition) is 1. The van der Waals surface area contributed by atoms with E-state index in [1.807, 2.05) is 12.1 Å². The van der Waals surface area contributed by atoms with Crippen molar-refractivity contribution in [2.45, 2.75) is 23.9 Å². The lowest BCUT2D eigenvalue weighted by atomic mass is 10.0. The second-order valence-electron chi connectivity index (χ2n) is 5.80. The van der Waals surface area contributed by atoms with E-state index in [0.29, 0.717) is 11.6 Å². The van der Waals surface area contributed by atoms with Gasteiger partial charge in [-0.2, -0.15) is 0 Å². The van der Waals surface area contributed by atoms with Crippen LogP contribution in [0.15, 0.2) is 47.4 Å². The van der Waals surface area contributed by atoms with Gasteiger partial charge >= 0.3 is 6.03 Å². The Hall–Kier alpha value is -1.72. The fourth-order valence-corrected chi connectivity index (χ4v) is 3.94. The van der Waals surface area contributed by atoms with E-state index in [-0.39, 0.29) is 17.9 Å². The molecule has 0 spiro atoms. The molecule has 1 atom stereocenters. The molecule has 0 saturated carbocycles. The van der Waals surface area contributed by atoms with Gasteiger partial charge in [-0.15, -0.1) is 11.8 Å². The molecule has 0 aromatic heterocycles. The van der Waals surface area contributed by atoms with Crippen molar-refractivity contribution in [1.82, 2.24) is 10.2 Å². The lowest BCUT2D eigenvalue weighted by Gasteiger charge is -2.28. The summed E-state index contributed by atoms with van der Waals surface area (Å²) in [6, 6.07) is 11.8. The number of benzene rings is 2. The van der Waals surface area contributed by atoms with Crippen molar-refractivity contribution in [1.29, 1.82) is 0 Å². The zero-order valence-electron chi connectivity index (χ0n) is 13.3. The first-order chi connectivity index (χ1) is 11.5. The van der Waals surface area contributed by atoms with E-state index < -0.39 is 0 Å². The Kier molecular flexibility index (Phi) is 5.31. The minimum Gasteiger partial charge on any atom is -0.331 e. The highest BCUT2D eigenvalue weighted by molar-refractivity contribution is 7.99. The minimum atomic E-state index is -0.273. The Bertz CT molecular complexity index is 738. The normalized spacial score (nSPS) is 16.4. The molecule has 3 nitrogen and oxygen atoms in total. The predicted octanol–water partition coefficient (Wildman–Crippen LogP) is 4.86. The van der Waals surface area contributed by atoms with Crippen LogP contribution in [0.25, 0.3) is 0 Å². The minimum absolute atomic E-state index is 0.155. The third-order valence-corrected chi connectivity index (χ3v) is 5.36. The van der Waals surface area contributed by atoms with Crippen molar-refractivity contribution in [2.75, 3.05) is 12.8 Å². The third kappa shape index (κ3) is 4.02. The monoisotopic (exact) mass is 364 g/mol. The first-order valence-corrected chi connectivity index (χ1v) is 9.07. The summed E-state index contributed by atoms with van der Waals surface area (Å²) in [6.45, 7) is 0.487. The highest BCUT2D eigenvalue weighted by Crippen LogP contribution is 2.36. The summed E-state index contributed by atoms with van der Waals surface area (Å²) < 4.78 is 13.5. The molecule has 0 aliphatic carbocycles. The fourth-order valence-electron chi connectivity index (χ4n) is 2.71. The number of nitrogens with zero attached hydrogens (tertiary/aromatic N) is 1. The van der Waals surface area contributed by atoms with Crippen LogP contribution in [0.2, 0.25) is 5.02 Å². The largest absolute Gasteiger partial charge is 0.331 e. The number of thioether (sulfide) groups is 1. The smallest absolute Gasteiger partial charge is 0.317 e. The number of amides is 2. The highest BCUT2D eigenvalue weighted by Gasteiger charge is 2.24. The van der Waals surface area contributed by atoms with E-state index in [9.17, 15) is 9.18 Å². The van der Waals surface area contributed by atoms with Crippen LogP contribution in [0.3, 0.4) is 0 Å². The van der Waals surface area contributed by atoms with Gasteiger partial charge in [-0.1, -0.05) is 23.7 Å². The van der Waals surface area contributed by atoms with Crippen molar-refractivity contribution in [3.05, 3.63) is 64.4 Å². The van der Waals surface area contributed by atoms with Gasteiger partial charge in [0, 0.05) is 29.3 Å². The Morgan fingerprint density at radius 3 is 2.83 bits per heavy atom. The van der Waals surface area contributed by atoms with Gasteiger partial charge < -0.3 is 10.2 Å². The predicted molar refractivity (Wildman–Crippen MR) is 95.9 cm³/mol. The molecule has 3 rings (SSSR count). The number of nitrogens with one attached hydrogen (secondary N) is 1. The molecule has 0 bridgehead atoms. The summed E-state index contributed by atoms with van der Waals surface area (Å²) in [6.07, 6.45) is 0.793. The second-order valence-corrected chi connectivity index (χ2v) is 7.38.